The average molecular weight is 481 g/mol. The van der Waals surface area contributed by atoms with Crippen LogP contribution in [0.1, 0.15) is 5.56 Å². The second kappa shape index (κ2) is 8.44. The van der Waals surface area contributed by atoms with Gasteiger partial charge in [0.25, 0.3) is 0 Å². The smallest absolute Gasteiger partial charge is 0.204 e. The fourth-order valence-corrected chi connectivity index (χ4v) is 5.17. The highest BCUT2D eigenvalue weighted by Crippen LogP contribution is 2.38. The molecule has 3 aromatic heterocycles. The lowest BCUT2D eigenvalue weighted by molar-refractivity contribution is 0.881. The van der Waals surface area contributed by atoms with Crippen LogP contribution >= 0.6 is 22.9 Å². The Balaban J connectivity index is 1.43. The first-order valence-electron chi connectivity index (χ1n) is 10.6. The number of H-pyrrole nitrogens is 1. The quantitative estimate of drug-likeness (QED) is 0.299. The van der Waals surface area contributed by atoms with E-state index < -0.39 is 0 Å². The predicted octanol–water partition coefficient (Wildman–Crippen LogP) is 6.83. The second-order valence-corrected chi connectivity index (χ2v) is 9.37. The van der Waals surface area contributed by atoms with E-state index in [1.54, 1.807) is 11.3 Å². The lowest BCUT2D eigenvalue weighted by atomic mass is 10.0. The molecule has 0 amide bonds. The molecule has 0 bridgehead atoms. The first-order valence-corrected chi connectivity index (χ1v) is 11.8. The molecule has 0 unspecified atom stereocenters. The van der Waals surface area contributed by atoms with Crippen molar-refractivity contribution < 1.29 is 0 Å². The zero-order chi connectivity index (χ0) is 23.1. The van der Waals surface area contributed by atoms with Crippen molar-refractivity contribution in [2.24, 2.45) is 0 Å². The Morgan fingerprint density at radius 1 is 0.853 bits per heavy atom. The van der Waals surface area contributed by atoms with E-state index in [0.29, 0.717) is 5.82 Å². The van der Waals surface area contributed by atoms with Gasteiger partial charge < -0.3 is 0 Å². The molecule has 3 heterocycles. The Hall–Kier alpha value is -3.94. The van der Waals surface area contributed by atoms with Gasteiger partial charge in [-0.05, 0) is 65.7 Å². The van der Waals surface area contributed by atoms with Gasteiger partial charge in [-0.15, -0.1) is 21.5 Å². The molecule has 1 N–H and O–H groups in total. The Morgan fingerprint density at radius 2 is 1.71 bits per heavy atom. The number of tetrazole rings is 1. The lowest BCUT2D eigenvalue weighted by Gasteiger charge is -2.05. The van der Waals surface area contributed by atoms with Gasteiger partial charge in [0.15, 0.2) is 0 Å². The molecule has 6 aromatic rings. The molecular weight excluding hydrogens is 464 g/mol. The van der Waals surface area contributed by atoms with E-state index >= 15 is 0 Å². The van der Waals surface area contributed by atoms with Gasteiger partial charge in [-0.1, -0.05) is 41.9 Å². The molecular formula is C26H17ClN6S. The van der Waals surface area contributed by atoms with Gasteiger partial charge in [-0.3, -0.25) is 4.98 Å². The van der Waals surface area contributed by atoms with E-state index in [-0.39, 0.29) is 0 Å². The maximum atomic E-state index is 6.11. The number of aromatic amines is 1. The summed E-state index contributed by atoms with van der Waals surface area (Å²) in [6.45, 7) is 2.10. The number of hydrogen-bond acceptors (Lipinski definition) is 6. The number of nitrogens with one attached hydrogen (secondary N) is 1. The van der Waals surface area contributed by atoms with Crippen LogP contribution in [0.3, 0.4) is 0 Å². The molecule has 164 valence electrons. The van der Waals surface area contributed by atoms with Crippen LogP contribution < -0.4 is 0 Å². The summed E-state index contributed by atoms with van der Waals surface area (Å²) in [6.07, 6.45) is 1.82. The molecule has 0 aliphatic heterocycles. The topological polar surface area (TPSA) is 80.2 Å². The van der Waals surface area contributed by atoms with Crippen LogP contribution in [0.5, 0.6) is 0 Å². The van der Waals surface area contributed by atoms with Crippen LogP contribution in [0.25, 0.3) is 54.6 Å². The summed E-state index contributed by atoms with van der Waals surface area (Å²) in [4.78, 5) is 9.57. The fourth-order valence-electron chi connectivity index (χ4n) is 3.96. The SMILES string of the molecule is Cc1cc(-c2ccc(Cl)cc2)c2sc(-c3ccnc(-c4cccc(-c5nn[nH]n5)c4)c3)nc2c1. The van der Waals surface area contributed by atoms with Crippen LogP contribution in [-0.2, 0) is 0 Å². The van der Waals surface area contributed by atoms with E-state index in [1.807, 2.05) is 48.7 Å². The van der Waals surface area contributed by atoms with E-state index in [4.69, 9.17) is 16.6 Å². The fraction of sp³-hybridized carbons (Fsp3) is 0.0385. The van der Waals surface area contributed by atoms with E-state index in [1.165, 1.54) is 5.56 Å². The van der Waals surface area contributed by atoms with Crippen molar-refractivity contribution in [1.82, 2.24) is 30.6 Å². The summed E-state index contributed by atoms with van der Waals surface area (Å²) in [5.74, 6) is 0.550. The van der Waals surface area contributed by atoms with Gasteiger partial charge in [0.2, 0.25) is 5.82 Å². The molecule has 6 nitrogen and oxygen atoms in total. The molecule has 0 fully saturated rings. The number of benzene rings is 3. The number of thiazole rings is 1. The van der Waals surface area contributed by atoms with Gasteiger partial charge in [-0.2, -0.15) is 5.21 Å². The van der Waals surface area contributed by atoms with Gasteiger partial charge in [0, 0.05) is 33.5 Å². The Morgan fingerprint density at radius 3 is 2.53 bits per heavy atom. The number of fused-ring (bicyclic) bond motifs is 1. The van der Waals surface area contributed by atoms with Crippen LogP contribution in [0.2, 0.25) is 5.02 Å². The van der Waals surface area contributed by atoms with Crippen LogP contribution in [0.4, 0.5) is 0 Å². The highest BCUT2D eigenvalue weighted by molar-refractivity contribution is 7.22. The minimum absolute atomic E-state index is 0.550. The molecule has 0 atom stereocenters. The van der Waals surface area contributed by atoms with E-state index in [2.05, 4.69) is 62.9 Å². The van der Waals surface area contributed by atoms with Crippen molar-refractivity contribution in [1.29, 1.82) is 0 Å². The first kappa shape index (κ1) is 20.7. The van der Waals surface area contributed by atoms with Gasteiger partial charge >= 0.3 is 0 Å². The van der Waals surface area contributed by atoms with Gasteiger partial charge in [0.05, 0.1) is 15.9 Å². The third kappa shape index (κ3) is 3.85. The second-order valence-electron chi connectivity index (χ2n) is 7.93. The molecule has 0 aliphatic carbocycles. The summed E-state index contributed by atoms with van der Waals surface area (Å²) in [5, 5.41) is 16.0. The standard InChI is InChI=1S/C26H17ClN6S/c1-15-11-21(16-5-7-20(27)8-6-16)24-23(12-15)29-26(34-24)19-9-10-28-22(14-19)17-3-2-4-18(13-17)25-30-32-33-31-25/h2-14H,1H3,(H,30,31,32,33). The normalized spacial score (nSPS) is 11.2. The maximum Gasteiger partial charge on any atom is 0.204 e. The molecule has 34 heavy (non-hydrogen) atoms. The zero-order valence-corrected chi connectivity index (χ0v) is 19.6. The van der Waals surface area contributed by atoms with Crippen LogP contribution in [0.15, 0.2) is 79.0 Å². The maximum absolute atomic E-state index is 6.11. The number of nitrogens with zero attached hydrogens (tertiary/aromatic N) is 5. The Kier molecular flexibility index (Phi) is 5.13. The summed E-state index contributed by atoms with van der Waals surface area (Å²) in [6, 6.07) is 24.3. The van der Waals surface area contributed by atoms with Crippen LogP contribution in [0, 0.1) is 6.92 Å². The van der Waals surface area contributed by atoms with Gasteiger partial charge in [0.1, 0.15) is 5.01 Å². The van der Waals surface area contributed by atoms with Crippen molar-refractivity contribution in [3.8, 4) is 44.3 Å². The Bertz CT molecular complexity index is 1620. The minimum atomic E-state index is 0.550. The number of aromatic nitrogens is 6. The zero-order valence-electron chi connectivity index (χ0n) is 18.0. The van der Waals surface area contributed by atoms with Crippen molar-refractivity contribution in [3.05, 3.63) is 89.6 Å². The molecule has 6 rings (SSSR count). The monoisotopic (exact) mass is 480 g/mol. The largest absolute Gasteiger partial charge is 0.256 e. The van der Waals surface area contributed by atoms with E-state index in [0.717, 1.165) is 53.8 Å². The minimum Gasteiger partial charge on any atom is -0.256 e. The summed E-state index contributed by atoms with van der Waals surface area (Å²) in [7, 11) is 0. The molecule has 0 radical (unpaired) electrons. The first-order chi connectivity index (χ1) is 16.6. The summed E-state index contributed by atoms with van der Waals surface area (Å²) in [5.41, 5.74) is 8.18. The number of pyridine rings is 1. The molecule has 0 saturated heterocycles. The van der Waals surface area contributed by atoms with Crippen molar-refractivity contribution in [2.75, 3.05) is 0 Å². The van der Waals surface area contributed by atoms with Crippen molar-refractivity contribution in [2.45, 2.75) is 6.92 Å². The third-order valence-electron chi connectivity index (χ3n) is 5.56. The lowest BCUT2D eigenvalue weighted by Crippen LogP contribution is -1.87. The number of hydrogen-bond donors (Lipinski definition) is 1. The van der Waals surface area contributed by atoms with Crippen molar-refractivity contribution in [3.63, 3.8) is 0 Å². The predicted molar refractivity (Wildman–Crippen MR) is 137 cm³/mol. The van der Waals surface area contributed by atoms with Gasteiger partial charge in [-0.25, -0.2) is 4.98 Å². The summed E-state index contributed by atoms with van der Waals surface area (Å²) >= 11 is 7.80. The molecule has 0 saturated carbocycles. The highest BCUT2D eigenvalue weighted by atomic mass is 35.5. The number of halogens is 1. The molecule has 0 spiro atoms. The number of aryl methyl sites for hydroxylation is 1. The third-order valence-corrected chi connectivity index (χ3v) is 6.96. The highest BCUT2D eigenvalue weighted by Gasteiger charge is 2.14. The average Bonchev–Trinajstić information content (AvgIpc) is 3.55. The molecule has 8 heteroatoms. The molecule has 0 aliphatic rings. The van der Waals surface area contributed by atoms with Crippen molar-refractivity contribution >= 4 is 33.2 Å². The molecule has 3 aromatic carbocycles. The van der Waals surface area contributed by atoms with E-state index in [9.17, 15) is 0 Å². The Labute approximate surface area is 204 Å². The summed E-state index contributed by atoms with van der Waals surface area (Å²) < 4.78 is 1.15. The van der Waals surface area contributed by atoms with Crippen LogP contribution in [-0.4, -0.2) is 30.6 Å². The number of rotatable bonds is 4.